The SMILES string of the molecule is COc1c(CCCN)cnn1Cc1ccccc1O. The Labute approximate surface area is 112 Å². The maximum absolute atomic E-state index is 9.79. The smallest absolute Gasteiger partial charge is 0.215 e. The lowest BCUT2D eigenvalue weighted by molar-refractivity contribution is 0.360. The van der Waals surface area contributed by atoms with Crippen LogP contribution in [0.4, 0.5) is 0 Å². The molecule has 0 saturated heterocycles. The summed E-state index contributed by atoms with van der Waals surface area (Å²) >= 11 is 0. The average Bonchev–Trinajstić information content (AvgIpc) is 2.81. The lowest BCUT2D eigenvalue weighted by Gasteiger charge is -2.09. The van der Waals surface area contributed by atoms with Crippen LogP contribution in [0.1, 0.15) is 17.5 Å². The monoisotopic (exact) mass is 261 g/mol. The van der Waals surface area contributed by atoms with Gasteiger partial charge in [0.1, 0.15) is 5.75 Å². The summed E-state index contributed by atoms with van der Waals surface area (Å²) in [5.41, 5.74) is 7.38. The van der Waals surface area contributed by atoms with Crippen molar-refractivity contribution in [1.29, 1.82) is 0 Å². The van der Waals surface area contributed by atoms with Gasteiger partial charge in [0.15, 0.2) is 0 Å². The second-order valence-corrected chi connectivity index (χ2v) is 4.36. The number of aromatic hydroxyl groups is 1. The van der Waals surface area contributed by atoms with Gasteiger partial charge in [0, 0.05) is 11.1 Å². The summed E-state index contributed by atoms with van der Waals surface area (Å²) in [6.07, 6.45) is 3.55. The molecule has 0 aliphatic carbocycles. The Morgan fingerprint density at radius 3 is 2.79 bits per heavy atom. The van der Waals surface area contributed by atoms with Gasteiger partial charge in [-0.25, -0.2) is 4.68 Å². The van der Waals surface area contributed by atoms with Crippen molar-refractivity contribution in [2.75, 3.05) is 13.7 Å². The summed E-state index contributed by atoms with van der Waals surface area (Å²) < 4.78 is 7.15. The minimum atomic E-state index is 0.267. The van der Waals surface area contributed by atoms with E-state index in [2.05, 4.69) is 5.10 Å². The number of nitrogens with two attached hydrogens (primary N) is 1. The molecule has 1 aromatic carbocycles. The van der Waals surface area contributed by atoms with E-state index in [9.17, 15) is 5.11 Å². The summed E-state index contributed by atoms with van der Waals surface area (Å²) in [7, 11) is 1.63. The van der Waals surface area contributed by atoms with E-state index in [-0.39, 0.29) is 5.75 Å². The number of ether oxygens (including phenoxy) is 1. The van der Waals surface area contributed by atoms with Crippen molar-refractivity contribution >= 4 is 0 Å². The van der Waals surface area contributed by atoms with Crippen LogP contribution in [0.25, 0.3) is 0 Å². The molecular formula is C14H19N3O2. The van der Waals surface area contributed by atoms with Crippen LogP contribution in [-0.4, -0.2) is 28.5 Å². The van der Waals surface area contributed by atoms with Gasteiger partial charge in [0.25, 0.3) is 0 Å². The van der Waals surface area contributed by atoms with Crippen LogP contribution in [-0.2, 0) is 13.0 Å². The van der Waals surface area contributed by atoms with Crippen LogP contribution >= 0.6 is 0 Å². The molecule has 0 fully saturated rings. The van der Waals surface area contributed by atoms with Gasteiger partial charge in [-0.1, -0.05) is 18.2 Å². The Morgan fingerprint density at radius 1 is 1.32 bits per heavy atom. The number of benzene rings is 1. The third-order valence-electron chi connectivity index (χ3n) is 3.02. The predicted octanol–water partition coefficient (Wildman–Crippen LogP) is 1.54. The highest BCUT2D eigenvalue weighted by Gasteiger charge is 2.12. The third kappa shape index (κ3) is 3.06. The molecule has 5 heteroatoms. The van der Waals surface area contributed by atoms with Crippen molar-refractivity contribution in [3.8, 4) is 11.6 Å². The van der Waals surface area contributed by atoms with Crippen molar-refractivity contribution in [2.24, 2.45) is 5.73 Å². The van der Waals surface area contributed by atoms with Crippen LogP contribution in [0.15, 0.2) is 30.5 Å². The van der Waals surface area contributed by atoms with Crippen LogP contribution in [0.3, 0.4) is 0 Å². The molecule has 0 bridgehead atoms. The van der Waals surface area contributed by atoms with Crippen molar-refractivity contribution in [3.05, 3.63) is 41.6 Å². The molecule has 0 atom stereocenters. The number of hydrogen-bond acceptors (Lipinski definition) is 4. The van der Waals surface area contributed by atoms with E-state index in [1.165, 1.54) is 0 Å². The van der Waals surface area contributed by atoms with Crippen LogP contribution in [0.5, 0.6) is 11.6 Å². The Bertz CT molecular complexity index is 537. The fourth-order valence-electron chi connectivity index (χ4n) is 2.03. The molecule has 5 nitrogen and oxygen atoms in total. The molecule has 2 rings (SSSR count). The van der Waals surface area contributed by atoms with E-state index >= 15 is 0 Å². The number of phenolic OH excluding ortho intramolecular Hbond substituents is 1. The molecule has 102 valence electrons. The van der Waals surface area contributed by atoms with Gasteiger partial charge in [0.2, 0.25) is 5.88 Å². The maximum Gasteiger partial charge on any atom is 0.215 e. The fraction of sp³-hybridized carbons (Fsp3) is 0.357. The molecule has 19 heavy (non-hydrogen) atoms. The number of nitrogens with zero attached hydrogens (tertiary/aromatic N) is 2. The first-order valence-electron chi connectivity index (χ1n) is 6.32. The number of aromatic nitrogens is 2. The Kier molecular flexibility index (Phi) is 4.41. The summed E-state index contributed by atoms with van der Waals surface area (Å²) in [4.78, 5) is 0. The molecule has 0 amide bonds. The van der Waals surface area contributed by atoms with Crippen LogP contribution < -0.4 is 10.5 Å². The molecule has 0 spiro atoms. The molecule has 2 aromatic rings. The Balaban J connectivity index is 2.21. The minimum absolute atomic E-state index is 0.267. The lowest BCUT2D eigenvalue weighted by Crippen LogP contribution is -2.05. The molecule has 0 saturated carbocycles. The quantitative estimate of drug-likeness (QED) is 0.827. The van der Waals surface area contributed by atoms with Gasteiger partial charge >= 0.3 is 0 Å². The lowest BCUT2D eigenvalue weighted by atomic mass is 10.2. The van der Waals surface area contributed by atoms with Crippen molar-refractivity contribution in [2.45, 2.75) is 19.4 Å². The number of methoxy groups -OCH3 is 1. The van der Waals surface area contributed by atoms with Crippen molar-refractivity contribution < 1.29 is 9.84 Å². The van der Waals surface area contributed by atoms with Crippen LogP contribution in [0.2, 0.25) is 0 Å². The first-order chi connectivity index (χ1) is 9.26. The summed E-state index contributed by atoms with van der Waals surface area (Å²) in [5.74, 6) is 1.00. The fourth-order valence-corrected chi connectivity index (χ4v) is 2.03. The van der Waals surface area contributed by atoms with E-state index in [1.54, 1.807) is 30.1 Å². The molecule has 1 aromatic heterocycles. The van der Waals surface area contributed by atoms with E-state index < -0.39 is 0 Å². The minimum Gasteiger partial charge on any atom is -0.508 e. The average molecular weight is 261 g/mol. The van der Waals surface area contributed by atoms with Gasteiger partial charge in [-0.3, -0.25) is 0 Å². The molecule has 1 heterocycles. The first-order valence-corrected chi connectivity index (χ1v) is 6.32. The zero-order chi connectivity index (χ0) is 13.7. The highest BCUT2D eigenvalue weighted by Crippen LogP contribution is 2.23. The largest absolute Gasteiger partial charge is 0.508 e. The van der Waals surface area contributed by atoms with E-state index in [1.807, 2.05) is 12.1 Å². The third-order valence-corrected chi connectivity index (χ3v) is 3.02. The molecule has 0 aliphatic rings. The number of hydrogen-bond donors (Lipinski definition) is 2. The molecule has 0 unspecified atom stereocenters. The number of aryl methyl sites for hydroxylation is 1. The summed E-state index contributed by atoms with van der Waals surface area (Å²) in [6.45, 7) is 1.13. The molecule has 0 aliphatic heterocycles. The zero-order valence-electron chi connectivity index (χ0n) is 11.0. The van der Waals surface area contributed by atoms with Gasteiger partial charge in [0.05, 0.1) is 19.9 Å². The van der Waals surface area contributed by atoms with Crippen LogP contribution in [0, 0.1) is 0 Å². The highest BCUT2D eigenvalue weighted by molar-refractivity contribution is 5.33. The predicted molar refractivity (Wildman–Crippen MR) is 73.4 cm³/mol. The maximum atomic E-state index is 9.79. The van der Waals surface area contributed by atoms with Gasteiger partial charge in [-0.15, -0.1) is 0 Å². The standard InChI is InChI=1S/C14H19N3O2/c1-19-14-11(6-4-8-15)9-16-17(14)10-12-5-2-3-7-13(12)18/h2-3,5,7,9,18H,4,6,8,10,15H2,1H3. The van der Waals surface area contributed by atoms with Crippen molar-refractivity contribution in [1.82, 2.24) is 9.78 Å². The van der Waals surface area contributed by atoms with E-state index in [0.29, 0.717) is 13.1 Å². The van der Waals surface area contributed by atoms with Crippen molar-refractivity contribution in [3.63, 3.8) is 0 Å². The molecular weight excluding hydrogens is 242 g/mol. The summed E-state index contributed by atoms with van der Waals surface area (Å²) in [5, 5.41) is 14.1. The normalized spacial score (nSPS) is 10.6. The zero-order valence-corrected chi connectivity index (χ0v) is 11.0. The number of rotatable bonds is 6. The topological polar surface area (TPSA) is 73.3 Å². The van der Waals surface area contributed by atoms with Gasteiger partial charge in [-0.2, -0.15) is 5.10 Å². The summed E-state index contributed by atoms with van der Waals surface area (Å²) in [6, 6.07) is 7.23. The molecule has 3 N–H and O–H groups in total. The van der Waals surface area contributed by atoms with E-state index in [4.69, 9.17) is 10.5 Å². The number of phenols is 1. The van der Waals surface area contributed by atoms with Gasteiger partial charge in [-0.05, 0) is 25.5 Å². The highest BCUT2D eigenvalue weighted by atomic mass is 16.5. The second kappa shape index (κ2) is 6.24. The van der Waals surface area contributed by atoms with E-state index in [0.717, 1.165) is 29.8 Å². The Hall–Kier alpha value is -2.01. The molecule has 0 radical (unpaired) electrons. The first kappa shape index (κ1) is 13.4. The Morgan fingerprint density at radius 2 is 2.11 bits per heavy atom. The van der Waals surface area contributed by atoms with Gasteiger partial charge < -0.3 is 15.6 Å². The number of para-hydroxylation sites is 1. The second-order valence-electron chi connectivity index (χ2n) is 4.36.